The van der Waals surface area contributed by atoms with E-state index >= 15 is 0 Å². The lowest BCUT2D eigenvalue weighted by Gasteiger charge is -2.20. The van der Waals surface area contributed by atoms with E-state index in [0.29, 0.717) is 6.42 Å². The Balaban J connectivity index is 3.67. The van der Waals surface area contributed by atoms with Crippen molar-refractivity contribution in [3.8, 4) is 0 Å². The van der Waals surface area contributed by atoms with Gasteiger partial charge >= 0.3 is 0 Å². The molecule has 282 valence electrons. The Kier molecular flexibility index (Phi) is 38.1. The smallest absolute Gasteiger partial charge is 0.220 e. The van der Waals surface area contributed by atoms with Crippen molar-refractivity contribution in [3.63, 3.8) is 0 Å². The number of amides is 1. The summed E-state index contributed by atoms with van der Waals surface area (Å²) in [5.74, 6) is -0.0902. The van der Waals surface area contributed by atoms with Gasteiger partial charge in [-0.2, -0.15) is 0 Å². The fourth-order valence-corrected chi connectivity index (χ4v) is 5.19. The van der Waals surface area contributed by atoms with Crippen molar-refractivity contribution >= 4 is 5.91 Å². The lowest BCUT2D eigenvalue weighted by atomic mass is 10.1. The van der Waals surface area contributed by atoms with Gasteiger partial charge in [-0.05, 0) is 83.5 Å². The quantitative estimate of drug-likeness (QED) is 0.0465. The number of nitrogens with one attached hydrogen (secondary N) is 1. The predicted octanol–water partition coefficient (Wildman–Crippen LogP) is 12.5. The van der Waals surface area contributed by atoms with Crippen molar-refractivity contribution in [1.82, 2.24) is 5.32 Å². The van der Waals surface area contributed by atoms with Crippen LogP contribution in [0.3, 0.4) is 0 Å². The molecule has 1 amide bonds. The number of unbranched alkanes of at least 4 members (excludes halogenated alkanes) is 11. The summed E-state index contributed by atoms with van der Waals surface area (Å²) < 4.78 is 0. The van der Waals surface area contributed by atoms with E-state index in [0.717, 1.165) is 89.9 Å². The first-order chi connectivity index (χ1) is 24.7. The summed E-state index contributed by atoms with van der Waals surface area (Å²) in [7, 11) is 0. The van der Waals surface area contributed by atoms with Crippen molar-refractivity contribution in [2.75, 3.05) is 6.61 Å². The monoisotopic (exact) mass is 690 g/mol. The van der Waals surface area contributed by atoms with Crippen LogP contribution in [0.5, 0.6) is 0 Å². The molecule has 0 radical (unpaired) electrons. The number of carbonyl (C=O) groups excluding carboxylic acids is 1. The summed E-state index contributed by atoms with van der Waals surface area (Å²) in [5.41, 5.74) is 0. The summed E-state index contributed by atoms with van der Waals surface area (Å²) in [6.45, 7) is 4.11. The van der Waals surface area contributed by atoms with E-state index in [1.54, 1.807) is 6.08 Å². The van der Waals surface area contributed by atoms with E-state index in [1.165, 1.54) is 44.9 Å². The lowest BCUT2D eigenvalue weighted by Crippen LogP contribution is -2.45. The maximum atomic E-state index is 12.3. The molecule has 4 nitrogen and oxygen atoms in total. The minimum absolute atomic E-state index is 0.0902. The van der Waals surface area contributed by atoms with E-state index in [4.69, 9.17) is 0 Å². The number of hydrogen-bond acceptors (Lipinski definition) is 3. The average Bonchev–Trinajstić information content (AvgIpc) is 3.12. The van der Waals surface area contributed by atoms with Gasteiger partial charge in [-0.25, -0.2) is 0 Å². The molecule has 0 aromatic heterocycles. The number of allylic oxidation sites excluding steroid dienone is 17. The predicted molar refractivity (Wildman–Crippen MR) is 220 cm³/mol. The molecule has 0 saturated carbocycles. The number of aliphatic hydroxyl groups excluding tert-OH is 2. The standard InChI is InChI=1S/C46H75NO3/c1-3-5-7-9-11-12-13-14-15-16-17-18-19-20-21-22-23-24-25-26-27-28-29-30-31-32-33-34-36-38-40-42-46(50)47-44(43-48)45(49)41-39-37-35-10-8-6-4-2/h5,7,11-12,14-15,17-18,20-21,23-24,26-27,29-30,39,41,44-45,48-49H,3-4,6,8-10,13,16,19,22,25,28,31-38,40,42-43H2,1-2H3,(H,47,50)/b7-5-,12-11-,15-14-,18-17-,21-20-,24-23-,27-26-,30-29-,41-39+. The SMILES string of the molecule is CC/C=C\C/C=C\C/C=C\C/C=C\C/C=C\C/C=C\C/C=C\C/C=C\CCCCCCCCC(=O)NC(CO)C(O)/C=C/CCCCCCC. The van der Waals surface area contributed by atoms with Crippen LogP contribution in [0.25, 0.3) is 0 Å². The van der Waals surface area contributed by atoms with Crippen molar-refractivity contribution in [1.29, 1.82) is 0 Å². The zero-order chi connectivity index (χ0) is 36.4. The van der Waals surface area contributed by atoms with Crippen LogP contribution >= 0.6 is 0 Å². The molecule has 50 heavy (non-hydrogen) atoms. The summed E-state index contributed by atoms with van der Waals surface area (Å²) in [5, 5.41) is 22.7. The highest BCUT2D eigenvalue weighted by molar-refractivity contribution is 5.76. The Morgan fingerprint density at radius 2 is 0.880 bits per heavy atom. The molecule has 2 atom stereocenters. The third-order valence-electron chi connectivity index (χ3n) is 8.26. The minimum Gasteiger partial charge on any atom is -0.394 e. The van der Waals surface area contributed by atoms with Gasteiger partial charge < -0.3 is 15.5 Å². The van der Waals surface area contributed by atoms with Gasteiger partial charge in [0, 0.05) is 6.42 Å². The first-order valence-electron chi connectivity index (χ1n) is 20.1. The molecule has 0 aliphatic carbocycles. The molecular formula is C46H75NO3. The van der Waals surface area contributed by atoms with Crippen LogP contribution in [0.2, 0.25) is 0 Å². The Morgan fingerprint density at radius 1 is 0.500 bits per heavy atom. The van der Waals surface area contributed by atoms with E-state index in [1.807, 2.05) is 6.08 Å². The maximum Gasteiger partial charge on any atom is 0.220 e. The normalized spacial score (nSPS) is 14.2. The topological polar surface area (TPSA) is 69.6 Å². The molecular weight excluding hydrogens is 615 g/mol. The van der Waals surface area contributed by atoms with E-state index < -0.39 is 12.1 Å². The summed E-state index contributed by atoms with van der Waals surface area (Å²) in [6, 6.07) is -0.634. The van der Waals surface area contributed by atoms with Crippen molar-refractivity contribution in [2.45, 2.75) is 167 Å². The fourth-order valence-electron chi connectivity index (χ4n) is 5.19. The highest BCUT2D eigenvalue weighted by Crippen LogP contribution is 2.10. The van der Waals surface area contributed by atoms with Gasteiger partial charge in [-0.3, -0.25) is 4.79 Å². The highest BCUT2D eigenvalue weighted by Gasteiger charge is 2.17. The van der Waals surface area contributed by atoms with Gasteiger partial charge in [0.15, 0.2) is 0 Å². The van der Waals surface area contributed by atoms with Crippen LogP contribution in [0.15, 0.2) is 109 Å². The zero-order valence-corrected chi connectivity index (χ0v) is 32.1. The number of aliphatic hydroxyl groups is 2. The van der Waals surface area contributed by atoms with Crippen LogP contribution in [0, 0.1) is 0 Å². The number of carbonyl (C=O) groups is 1. The van der Waals surface area contributed by atoms with E-state index in [-0.39, 0.29) is 12.5 Å². The number of hydrogen-bond donors (Lipinski definition) is 3. The molecule has 2 unspecified atom stereocenters. The van der Waals surface area contributed by atoms with Crippen molar-refractivity contribution in [2.24, 2.45) is 0 Å². The third kappa shape index (κ3) is 36.3. The zero-order valence-electron chi connectivity index (χ0n) is 32.1. The second-order valence-corrected chi connectivity index (χ2v) is 13.0. The van der Waals surface area contributed by atoms with Gasteiger partial charge in [0.1, 0.15) is 0 Å². The molecule has 0 saturated heterocycles. The van der Waals surface area contributed by atoms with Crippen molar-refractivity contribution < 1.29 is 15.0 Å². The number of rotatable bonds is 34. The second kappa shape index (κ2) is 40.5. The van der Waals surface area contributed by atoms with E-state index in [9.17, 15) is 15.0 Å². The maximum absolute atomic E-state index is 12.3. The molecule has 0 aromatic rings. The lowest BCUT2D eigenvalue weighted by molar-refractivity contribution is -0.123. The third-order valence-corrected chi connectivity index (χ3v) is 8.26. The molecule has 0 heterocycles. The second-order valence-electron chi connectivity index (χ2n) is 13.0. The van der Waals surface area contributed by atoms with Gasteiger partial charge in [0.2, 0.25) is 5.91 Å². The summed E-state index contributed by atoms with van der Waals surface area (Å²) in [4.78, 5) is 12.3. The Hall–Kier alpha value is -2.95. The average molecular weight is 690 g/mol. The van der Waals surface area contributed by atoms with Crippen LogP contribution in [-0.2, 0) is 4.79 Å². The first kappa shape index (κ1) is 47.0. The summed E-state index contributed by atoms with van der Waals surface area (Å²) in [6.07, 6.45) is 62.0. The van der Waals surface area contributed by atoms with Crippen LogP contribution < -0.4 is 5.32 Å². The Labute approximate surface area is 308 Å². The molecule has 0 fully saturated rings. The van der Waals surface area contributed by atoms with E-state index in [2.05, 4.69) is 116 Å². The molecule has 4 heteroatoms. The largest absolute Gasteiger partial charge is 0.394 e. The van der Waals surface area contributed by atoms with Crippen LogP contribution in [-0.4, -0.2) is 34.9 Å². The van der Waals surface area contributed by atoms with Gasteiger partial charge in [-0.1, -0.05) is 175 Å². The van der Waals surface area contributed by atoms with Gasteiger partial charge in [0.05, 0.1) is 18.8 Å². The molecule has 0 aromatic carbocycles. The molecule has 3 N–H and O–H groups in total. The van der Waals surface area contributed by atoms with Crippen LogP contribution in [0.4, 0.5) is 0 Å². The minimum atomic E-state index is -0.849. The van der Waals surface area contributed by atoms with Gasteiger partial charge in [-0.15, -0.1) is 0 Å². The molecule has 0 bridgehead atoms. The molecule has 0 aliphatic heterocycles. The van der Waals surface area contributed by atoms with Gasteiger partial charge in [0.25, 0.3) is 0 Å². The van der Waals surface area contributed by atoms with Crippen molar-refractivity contribution in [3.05, 3.63) is 109 Å². The molecule has 0 rings (SSSR count). The fraction of sp³-hybridized carbons (Fsp3) is 0.587. The Bertz CT molecular complexity index is 1010. The van der Waals surface area contributed by atoms with Crippen LogP contribution in [0.1, 0.15) is 155 Å². The molecule has 0 spiro atoms. The molecule has 0 aliphatic rings. The summed E-state index contributed by atoms with van der Waals surface area (Å²) >= 11 is 0. The first-order valence-corrected chi connectivity index (χ1v) is 20.1. The highest BCUT2D eigenvalue weighted by atomic mass is 16.3. The Morgan fingerprint density at radius 3 is 1.32 bits per heavy atom.